The van der Waals surface area contributed by atoms with E-state index < -0.39 is 6.10 Å². The van der Waals surface area contributed by atoms with Gasteiger partial charge in [-0.2, -0.15) is 0 Å². The van der Waals surface area contributed by atoms with Crippen LogP contribution in [0.2, 0.25) is 0 Å². The Morgan fingerprint density at radius 1 is 0.292 bits per heavy atom. The predicted octanol–water partition coefficient (Wildman–Crippen LogP) is 19.3. The monoisotopic (exact) mass is 917 g/mol. The van der Waals surface area contributed by atoms with Crippen LogP contribution < -0.4 is 0 Å². The molecule has 1 atom stereocenters. The number of hydrogen-bond donors (Lipinski definition) is 0. The first-order chi connectivity index (χ1) is 32.0. The van der Waals surface area contributed by atoms with Crippen molar-refractivity contribution in [2.75, 3.05) is 13.2 Å². The number of carbonyl (C=O) groups is 3. The van der Waals surface area contributed by atoms with Crippen molar-refractivity contribution in [3.05, 3.63) is 12.2 Å². The molecule has 0 aromatic carbocycles. The van der Waals surface area contributed by atoms with E-state index in [2.05, 4.69) is 32.9 Å². The molecule has 6 nitrogen and oxygen atoms in total. The number of esters is 3. The first-order valence-electron chi connectivity index (χ1n) is 29.2. The fourth-order valence-electron chi connectivity index (χ4n) is 8.85. The zero-order valence-corrected chi connectivity index (χ0v) is 44.0. The highest BCUT2D eigenvalue weighted by molar-refractivity contribution is 5.71. The molecule has 0 saturated carbocycles. The molecule has 0 aliphatic heterocycles. The fraction of sp³-hybridized carbons (Fsp3) is 0.915. The molecule has 0 fully saturated rings. The zero-order chi connectivity index (χ0) is 47.2. The summed E-state index contributed by atoms with van der Waals surface area (Å²) >= 11 is 0. The summed E-state index contributed by atoms with van der Waals surface area (Å²) < 4.78 is 16.9. The topological polar surface area (TPSA) is 78.9 Å². The molecule has 6 heteroatoms. The summed E-state index contributed by atoms with van der Waals surface area (Å²) in [5.41, 5.74) is 0. The smallest absolute Gasteiger partial charge is 0.306 e. The van der Waals surface area contributed by atoms with Crippen molar-refractivity contribution in [1.82, 2.24) is 0 Å². The highest BCUT2D eigenvalue weighted by atomic mass is 16.6. The minimum absolute atomic E-state index is 0.0665. The third kappa shape index (κ3) is 53.0. The molecule has 0 spiro atoms. The average molecular weight is 918 g/mol. The lowest BCUT2D eigenvalue weighted by atomic mass is 10.0. The van der Waals surface area contributed by atoms with Gasteiger partial charge < -0.3 is 14.2 Å². The number of ether oxygens (including phenoxy) is 3. The van der Waals surface area contributed by atoms with Crippen LogP contribution in [0.1, 0.15) is 329 Å². The summed E-state index contributed by atoms with van der Waals surface area (Å²) in [4.78, 5) is 38.1. The summed E-state index contributed by atoms with van der Waals surface area (Å²) in [6.45, 7) is 6.68. The third-order valence-electron chi connectivity index (χ3n) is 13.3. The number of allylic oxidation sites excluding steroid dienone is 2. The standard InChI is InChI=1S/C59H112O6/c1-4-7-10-13-16-19-22-25-27-28-29-30-32-35-37-40-43-46-49-52-58(61)64-55-56(65-59(62)53-50-47-44-41-38-33-24-21-18-15-12-9-6-3)54-63-57(60)51-48-45-42-39-36-34-31-26-23-20-17-14-11-8-5-2/h26,31,56H,4-25,27-30,32-55H2,1-3H3/b31-26+. The van der Waals surface area contributed by atoms with Gasteiger partial charge in [0.15, 0.2) is 6.10 Å². The minimum Gasteiger partial charge on any atom is -0.462 e. The fourth-order valence-corrected chi connectivity index (χ4v) is 8.85. The van der Waals surface area contributed by atoms with E-state index >= 15 is 0 Å². The van der Waals surface area contributed by atoms with Crippen LogP contribution >= 0.6 is 0 Å². The molecule has 0 N–H and O–H groups in total. The third-order valence-corrected chi connectivity index (χ3v) is 13.3. The van der Waals surface area contributed by atoms with Crippen LogP contribution in [0.25, 0.3) is 0 Å². The summed E-state index contributed by atoms with van der Waals surface area (Å²) in [5.74, 6) is -0.851. The molecule has 0 aliphatic carbocycles. The maximum atomic E-state index is 12.8. The van der Waals surface area contributed by atoms with Crippen LogP contribution in [-0.4, -0.2) is 37.2 Å². The molecule has 0 radical (unpaired) electrons. The number of carbonyl (C=O) groups excluding carboxylic acids is 3. The lowest BCUT2D eigenvalue weighted by Crippen LogP contribution is -2.30. The highest BCUT2D eigenvalue weighted by Gasteiger charge is 2.19. The van der Waals surface area contributed by atoms with E-state index in [4.69, 9.17) is 14.2 Å². The molecule has 0 saturated heterocycles. The van der Waals surface area contributed by atoms with Gasteiger partial charge in [0.2, 0.25) is 0 Å². The van der Waals surface area contributed by atoms with E-state index in [1.807, 2.05) is 0 Å². The van der Waals surface area contributed by atoms with Gasteiger partial charge in [-0.15, -0.1) is 0 Å². The number of rotatable bonds is 54. The summed E-state index contributed by atoms with van der Waals surface area (Å²) in [6, 6.07) is 0. The van der Waals surface area contributed by atoms with Gasteiger partial charge in [0.1, 0.15) is 13.2 Å². The molecule has 0 heterocycles. The lowest BCUT2D eigenvalue weighted by molar-refractivity contribution is -0.167. The van der Waals surface area contributed by atoms with E-state index in [1.165, 1.54) is 225 Å². The molecule has 0 bridgehead atoms. The molecular formula is C59H112O6. The van der Waals surface area contributed by atoms with Gasteiger partial charge >= 0.3 is 17.9 Å². The Balaban J connectivity index is 4.28. The average Bonchev–Trinajstić information content (AvgIpc) is 3.30. The van der Waals surface area contributed by atoms with Gasteiger partial charge in [-0.1, -0.05) is 277 Å². The van der Waals surface area contributed by atoms with Crippen LogP contribution in [0.3, 0.4) is 0 Å². The zero-order valence-electron chi connectivity index (χ0n) is 44.0. The quantitative estimate of drug-likeness (QED) is 0.0262. The second-order valence-corrected chi connectivity index (χ2v) is 19.9. The Morgan fingerprint density at radius 3 is 0.769 bits per heavy atom. The van der Waals surface area contributed by atoms with Gasteiger partial charge in [0, 0.05) is 19.3 Å². The molecule has 0 amide bonds. The first kappa shape index (κ1) is 63.1. The Labute approximate surface area is 405 Å². The van der Waals surface area contributed by atoms with Crippen LogP contribution in [0.4, 0.5) is 0 Å². The van der Waals surface area contributed by atoms with Gasteiger partial charge in [-0.3, -0.25) is 14.4 Å². The summed E-state index contributed by atoms with van der Waals surface area (Å²) in [7, 11) is 0. The molecule has 384 valence electrons. The summed E-state index contributed by atoms with van der Waals surface area (Å²) in [5, 5.41) is 0. The van der Waals surface area contributed by atoms with Gasteiger partial charge in [0.05, 0.1) is 0 Å². The largest absolute Gasteiger partial charge is 0.462 e. The Hall–Kier alpha value is -1.85. The first-order valence-corrected chi connectivity index (χ1v) is 29.2. The predicted molar refractivity (Wildman–Crippen MR) is 280 cm³/mol. The van der Waals surface area contributed by atoms with Crippen LogP contribution in [0.5, 0.6) is 0 Å². The molecular weight excluding hydrogens is 805 g/mol. The molecule has 0 aromatic rings. The summed E-state index contributed by atoms with van der Waals surface area (Å²) in [6.07, 6.45) is 62.0. The molecule has 0 aliphatic rings. The molecule has 0 rings (SSSR count). The Bertz CT molecular complexity index is 1010. The van der Waals surface area contributed by atoms with E-state index in [-0.39, 0.29) is 31.1 Å². The Morgan fingerprint density at radius 2 is 0.508 bits per heavy atom. The van der Waals surface area contributed by atoms with E-state index in [9.17, 15) is 14.4 Å². The lowest BCUT2D eigenvalue weighted by Gasteiger charge is -2.18. The van der Waals surface area contributed by atoms with Gasteiger partial charge in [-0.25, -0.2) is 0 Å². The van der Waals surface area contributed by atoms with Gasteiger partial charge in [-0.05, 0) is 44.9 Å². The van der Waals surface area contributed by atoms with Crippen molar-refractivity contribution in [3.63, 3.8) is 0 Å². The highest BCUT2D eigenvalue weighted by Crippen LogP contribution is 2.17. The van der Waals surface area contributed by atoms with Crippen molar-refractivity contribution < 1.29 is 28.6 Å². The van der Waals surface area contributed by atoms with E-state index in [1.54, 1.807) is 0 Å². The van der Waals surface area contributed by atoms with Crippen molar-refractivity contribution in [1.29, 1.82) is 0 Å². The van der Waals surface area contributed by atoms with Crippen LogP contribution in [-0.2, 0) is 28.6 Å². The molecule has 0 aromatic heterocycles. The SMILES string of the molecule is CCCCCCCC/C=C/CCCCCCCC(=O)OCC(COC(=O)CCCCCCCCCCCCCCCCCCCCC)OC(=O)CCCCCCCCCCCCCCC. The maximum absolute atomic E-state index is 12.8. The van der Waals surface area contributed by atoms with Crippen molar-refractivity contribution in [3.8, 4) is 0 Å². The Kier molecular flexibility index (Phi) is 53.2. The van der Waals surface area contributed by atoms with Crippen molar-refractivity contribution >= 4 is 17.9 Å². The second-order valence-electron chi connectivity index (χ2n) is 19.9. The van der Waals surface area contributed by atoms with Crippen LogP contribution in [0.15, 0.2) is 12.2 Å². The van der Waals surface area contributed by atoms with E-state index in [0.717, 1.165) is 64.2 Å². The second kappa shape index (κ2) is 54.8. The maximum Gasteiger partial charge on any atom is 0.306 e. The van der Waals surface area contributed by atoms with Crippen molar-refractivity contribution in [2.24, 2.45) is 0 Å². The molecule has 1 unspecified atom stereocenters. The van der Waals surface area contributed by atoms with Crippen LogP contribution in [0, 0.1) is 0 Å². The minimum atomic E-state index is -0.767. The van der Waals surface area contributed by atoms with Gasteiger partial charge in [0.25, 0.3) is 0 Å². The molecule has 65 heavy (non-hydrogen) atoms. The van der Waals surface area contributed by atoms with Crippen molar-refractivity contribution in [2.45, 2.75) is 335 Å². The van der Waals surface area contributed by atoms with E-state index in [0.29, 0.717) is 19.3 Å². The number of unbranched alkanes of at least 4 members (excludes halogenated alkanes) is 41. The number of hydrogen-bond acceptors (Lipinski definition) is 6. The normalized spacial score (nSPS) is 12.0.